The van der Waals surface area contributed by atoms with Crippen molar-refractivity contribution in [1.82, 2.24) is 4.90 Å². The van der Waals surface area contributed by atoms with E-state index in [9.17, 15) is 14.4 Å². The van der Waals surface area contributed by atoms with Gasteiger partial charge in [-0.25, -0.2) is 0 Å². The van der Waals surface area contributed by atoms with Crippen LogP contribution >= 0.6 is 24.0 Å². The van der Waals surface area contributed by atoms with Crippen molar-refractivity contribution >= 4 is 51.8 Å². The van der Waals surface area contributed by atoms with Gasteiger partial charge in [0, 0.05) is 24.3 Å². The van der Waals surface area contributed by atoms with E-state index in [1.54, 1.807) is 12.1 Å². The number of esters is 1. The second kappa shape index (κ2) is 10.4. The summed E-state index contributed by atoms with van der Waals surface area (Å²) >= 11 is 6.64. The molecule has 1 atom stereocenters. The predicted octanol–water partition coefficient (Wildman–Crippen LogP) is 2.41. The van der Waals surface area contributed by atoms with Crippen molar-refractivity contribution in [2.24, 2.45) is 11.7 Å². The fourth-order valence-corrected chi connectivity index (χ4v) is 3.68. The molecule has 2 amide bonds. The Kier molecular flexibility index (Phi) is 8.25. The van der Waals surface area contributed by atoms with E-state index in [0.29, 0.717) is 21.5 Å². The van der Waals surface area contributed by atoms with Gasteiger partial charge >= 0.3 is 5.97 Å². The summed E-state index contributed by atoms with van der Waals surface area (Å²) in [6, 6.07) is 6.13. The number of piperidine rings is 1. The number of carbonyl (C=O) groups excluding carboxylic acids is 3. The highest BCUT2D eigenvalue weighted by atomic mass is 32.2. The van der Waals surface area contributed by atoms with Gasteiger partial charge < -0.3 is 20.7 Å². The monoisotopic (exact) mass is 423 g/mol. The Labute approximate surface area is 174 Å². The van der Waals surface area contributed by atoms with Gasteiger partial charge in [-0.3, -0.25) is 14.4 Å². The topological polar surface area (TPSA) is 102 Å². The zero-order chi connectivity index (χ0) is 20.7. The van der Waals surface area contributed by atoms with E-state index in [0.717, 1.165) is 25.9 Å². The van der Waals surface area contributed by atoms with Crippen molar-refractivity contribution in [3.63, 3.8) is 0 Å². The first-order chi connectivity index (χ1) is 13.3. The van der Waals surface area contributed by atoms with Crippen molar-refractivity contribution in [2.75, 3.05) is 24.2 Å². The molecule has 1 aliphatic rings. The van der Waals surface area contributed by atoms with Gasteiger partial charge in [0.2, 0.25) is 5.91 Å². The molecule has 1 aliphatic heterocycles. The number of benzene rings is 1. The van der Waals surface area contributed by atoms with Crippen LogP contribution in [0.4, 0.5) is 5.69 Å². The number of primary amides is 1. The van der Waals surface area contributed by atoms with Gasteiger partial charge in [0.25, 0.3) is 5.91 Å². The van der Waals surface area contributed by atoms with Crippen molar-refractivity contribution < 1.29 is 19.1 Å². The molecule has 1 aromatic rings. The summed E-state index contributed by atoms with van der Waals surface area (Å²) in [5.74, 6) is -0.729. The number of rotatable bonds is 6. The number of nitrogens with zero attached hydrogens (tertiary/aromatic N) is 1. The number of thiocarbonyl (C=S) groups is 1. The van der Waals surface area contributed by atoms with Crippen LogP contribution in [0.25, 0.3) is 0 Å². The molecule has 0 radical (unpaired) electrons. The van der Waals surface area contributed by atoms with Crippen LogP contribution in [0.1, 0.15) is 37.0 Å². The molecule has 9 heteroatoms. The Morgan fingerprint density at radius 2 is 1.89 bits per heavy atom. The maximum absolute atomic E-state index is 12.2. The minimum Gasteiger partial charge on any atom is -0.452 e. The molecular formula is C19H25N3O4S2. The normalized spacial score (nSPS) is 15.6. The molecule has 152 valence electrons. The third kappa shape index (κ3) is 6.79. The molecule has 0 aliphatic carbocycles. The summed E-state index contributed by atoms with van der Waals surface area (Å²) in [4.78, 5) is 37.3. The SMILES string of the molecule is CC1CCN(C(=S)SCC(=O)O[C@H](C)C(=O)Nc2ccc(C(N)=O)cc2)CC1. The van der Waals surface area contributed by atoms with Crippen LogP contribution in [0.3, 0.4) is 0 Å². The van der Waals surface area contributed by atoms with Gasteiger partial charge in [-0.2, -0.15) is 0 Å². The number of likely N-dealkylation sites (tertiary alicyclic amines) is 1. The third-order valence-electron chi connectivity index (χ3n) is 4.47. The smallest absolute Gasteiger partial charge is 0.317 e. The van der Waals surface area contributed by atoms with E-state index < -0.39 is 23.9 Å². The van der Waals surface area contributed by atoms with Gasteiger partial charge in [0.15, 0.2) is 6.10 Å². The Balaban J connectivity index is 1.74. The maximum Gasteiger partial charge on any atom is 0.317 e. The maximum atomic E-state index is 12.2. The minimum atomic E-state index is -0.951. The number of anilines is 1. The summed E-state index contributed by atoms with van der Waals surface area (Å²) in [6.45, 7) is 5.55. The van der Waals surface area contributed by atoms with E-state index in [2.05, 4.69) is 17.1 Å². The van der Waals surface area contributed by atoms with Crippen LogP contribution < -0.4 is 11.1 Å². The minimum absolute atomic E-state index is 0.0653. The number of thioether (sulfide) groups is 1. The molecule has 3 N–H and O–H groups in total. The van der Waals surface area contributed by atoms with Crippen LogP contribution in [0.2, 0.25) is 0 Å². The highest BCUT2D eigenvalue weighted by molar-refractivity contribution is 8.23. The van der Waals surface area contributed by atoms with Crippen LogP contribution in [-0.2, 0) is 14.3 Å². The number of amides is 2. The molecule has 1 saturated heterocycles. The number of hydrogen-bond acceptors (Lipinski definition) is 6. The molecule has 0 saturated carbocycles. The lowest BCUT2D eigenvalue weighted by Gasteiger charge is -2.31. The predicted molar refractivity (Wildman–Crippen MR) is 114 cm³/mol. The summed E-state index contributed by atoms with van der Waals surface area (Å²) in [6.07, 6.45) is 1.25. The van der Waals surface area contributed by atoms with E-state index in [1.807, 2.05) is 0 Å². The standard InChI is InChI=1S/C19H25N3O4S2/c1-12-7-9-22(10-8-12)19(27)28-11-16(23)26-13(2)18(25)21-15-5-3-14(4-6-15)17(20)24/h3-6,12-13H,7-11H2,1-2H3,(H2,20,24)(H,21,25)/t13-/m1/s1. The molecule has 0 spiro atoms. The van der Waals surface area contributed by atoms with Crippen molar-refractivity contribution in [2.45, 2.75) is 32.8 Å². The zero-order valence-electron chi connectivity index (χ0n) is 16.0. The number of carbonyl (C=O) groups is 3. The molecule has 1 heterocycles. The molecule has 1 fully saturated rings. The summed E-state index contributed by atoms with van der Waals surface area (Å²) in [7, 11) is 0. The first-order valence-corrected chi connectivity index (χ1v) is 10.5. The second-order valence-corrected chi connectivity index (χ2v) is 8.40. The van der Waals surface area contributed by atoms with Crippen molar-refractivity contribution in [3.05, 3.63) is 29.8 Å². The Hall–Kier alpha value is -2.13. The van der Waals surface area contributed by atoms with Gasteiger partial charge in [0.1, 0.15) is 4.32 Å². The fraction of sp³-hybridized carbons (Fsp3) is 0.474. The lowest BCUT2D eigenvalue weighted by molar-refractivity contribution is -0.150. The van der Waals surface area contributed by atoms with E-state index >= 15 is 0 Å². The Morgan fingerprint density at radius 1 is 1.29 bits per heavy atom. The second-order valence-electron chi connectivity index (χ2n) is 6.79. The van der Waals surface area contributed by atoms with Crippen LogP contribution in [0, 0.1) is 5.92 Å². The molecule has 2 rings (SSSR count). The quantitative estimate of drug-likeness (QED) is 0.535. The van der Waals surface area contributed by atoms with E-state index in [-0.39, 0.29) is 5.75 Å². The lowest BCUT2D eigenvalue weighted by atomic mass is 10.00. The number of ether oxygens (including phenoxy) is 1. The van der Waals surface area contributed by atoms with Gasteiger partial charge in [-0.05, 0) is 49.9 Å². The van der Waals surface area contributed by atoms with Gasteiger partial charge in [-0.15, -0.1) is 0 Å². The van der Waals surface area contributed by atoms with Crippen LogP contribution in [0.15, 0.2) is 24.3 Å². The average Bonchev–Trinajstić information content (AvgIpc) is 2.67. The average molecular weight is 424 g/mol. The molecule has 28 heavy (non-hydrogen) atoms. The first kappa shape index (κ1) is 22.2. The van der Waals surface area contributed by atoms with Crippen LogP contribution in [0.5, 0.6) is 0 Å². The van der Waals surface area contributed by atoms with E-state index in [4.69, 9.17) is 22.7 Å². The van der Waals surface area contributed by atoms with Crippen LogP contribution in [-0.4, -0.2) is 52.0 Å². The molecule has 0 bridgehead atoms. The Morgan fingerprint density at radius 3 is 2.46 bits per heavy atom. The third-order valence-corrected chi connectivity index (χ3v) is 5.97. The number of nitrogens with one attached hydrogen (secondary N) is 1. The Bertz CT molecular complexity index is 731. The first-order valence-electron chi connectivity index (χ1n) is 9.08. The number of nitrogens with two attached hydrogens (primary N) is 1. The fourth-order valence-electron chi connectivity index (χ4n) is 2.65. The zero-order valence-corrected chi connectivity index (χ0v) is 17.6. The lowest BCUT2D eigenvalue weighted by Crippen LogP contribution is -2.36. The van der Waals surface area contributed by atoms with Gasteiger partial charge in [-0.1, -0.05) is 30.9 Å². The van der Waals surface area contributed by atoms with Crippen molar-refractivity contribution in [3.8, 4) is 0 Å². The van der Waals surface area contributed by atoms with E-state index in [1.165, 1.54) is 30.8 Å². The molecule has 1 aromatic carbocycles. The highest BCUT2D eigenvalue weighted by Crippen LogP contribution is 2.20. The summed E-state index contributed by atoms with van der Waals surface area (Å²) in [5, 5.41) is 2.62. The molecule has 0 aromatic heterocycles. The molecule has 0 unspecified atom stereocenters. The molecule has 7 nitrogen and oxygen atoms in total. The summed E-state index contributed by atoms with van der Waals surface area (Å²) in [5.41, 5.74) is 5.99. The highest BCUT2D eigenvalue weighted by Gasteiger charge is 2.21. The largest absolute Gasteiger partial charge is 0.452 e. The van der Waals surface area contributed by atoms with Crippen molar-refractivity contribution in [1.29, 1.82) is 0 Å². The van der Waals surface area contributed by atoms with Gasteiger partial charge in [0.05, 0.1) is 5.75 Å². The molecular weight excluding hydrogens is 398 g/mol. The summed E-state index contributed by atoms with van der Waals surface area (Å²) < 4.78 is 5.87. The number of hydrogen-bond donors (Lipinski definition) is 2.